The molecule has 14 rings (SSSR count). The van der Waals surface area contributed by atoms with Crippen LogP contribution in [0.2, 0.25) is 0 Å². The average molecular weight is 748 g/mol. The van der Waals surface area contributed by atoms with E-state index in [9.17, 15) is 0 Å². The molecule has 0 saturated heterocycles. The monoisotopic (exact) mass is 747 g/mol. The van der Waals surface area contributed by atoms with Crippen LogP contribution in [0.25, 0.3) is 105 Å². The number of fused-ring (bicyclic) bond motifs is 12. The minimum absolute atomic E-state index is 0.0186. The van der Waals surface area contributed by atoms with Gasteiger partial charge in [0.1, 0.15) is 0 Å². The third-order valence-corrected chi connectivity index (χ3v) is 13.4. The van der Waals surface area contributed by atoms with Crippen molar-refractivity contribution in [1.82, 2.24) is 13.7 Å². The average Bonchev–Trinajstić information content (AvgIpc) is 3.98. The Bertz CT molecular complexity index is 3790. The van der Waals surface area contributed by atoms with Gasteiger partial charge >= 0.3 is 0 Å². The molecule has 3 nitrogen and oxygen atoms in total. The van der Waals surface area contributed by atoms with E-state index < -0.39 is 0 Å². The Morgan fingerprint density at radius 1 is 0.441 bits per heavy atom. The van der Waals surface area contributed by atoms with E-state index in [0.717, 1.165) is 5.69 Å². The van der Waals surface area contributed by atoms with Crippen molar-refractivity contribution in [2.75, 3.05) is 0 Å². The Kier molecular flexibility index (Phi) is 6.04. The van der Waals surface area contributed by atoms with Crippen LogP contribution in [0, 0.1) is 6.92 Å². The second-order valence-electron chi connectivity index (χ2n) is 16.5. The molecule has 2 aliphatic rings. The van der Waals surface area contributed by atoms with Crippen molar-refractivity contribution in [3.63, 3.8) is 0 Å². The zero-order chi connectivity index (χ0) is 38.5. The van der Waals surface area contributed by atoms with Gasteiger partial charge in [0.05, 0.1) is 22.2 Å². The van der Waals surface area contributed by atoms with E-state index in [1.54, 1.807) is 0 Å². The summed E-state index contributed by atoms with van der Waals surface area (Å²) in [6.45, 7) is 2.25. The van der Waals surface area contributed by atoms with E-state index >= 15 is 0 Å². The number of para-hydroxylation sites is 2. The summed E-state index contributed by atoms with van der Waals surface area (Å²) in [5.41, 5.74) is 18.9. The summed E-state index contributed by atoms with van der Waals surface area (Å²) in [4.78, 5) is 0. The van der Waals surface area contributed by atoms with Gasteiger partial charge in [0.2, 0.25) is 0 Å². The Morgan fingerprint density at radius 3 is 2.00 bits per heavy atom. The first-order valence-electron chi connectivity index (χ1n) is 20.6. The third-order valence-electron chi connectivity index (χ3n) is 13.4. The van der Waals surface area contributed by atoms with Gasteiger partial charge in [-0.25, -0.2) is 0 Å². The van der Waals surface area contributed by atoms with Gasteiger partial charge in [0.15, 0.2) is 0 Å². The number of hydrogen-bond donors (Lipinski definition) is 0. The number of nitrogens with zero attached hydrogens (tertiary/aromatic N) is 3. The summed E-state index contributed by atoms with van der Waals surface area (Å²) < 4.78 is 7.65. The highest BCUT2D eigenvalue weighted by atomic mass is 15.1. The van der Waals surface area contributed by atoms with E-state index in [4.69, 9.17) is 0 Å². The predicted molar refractivity (Wildman–Crippen MR) is 250 cm³/mol. The van der Waals surface area contributed by atoms with Gasteiger partial charge in [-0.2, -0.15) is 0 Å². The second-order valence-corrected chi connectivity index (χ2v) is 16.5. The highest BCUT2D eigenvalue weighted by Gasteiger charge is 2.42. The van der Waals surface area contributed by atoms with Crippen molar-refractivity contribution in [2.45, 2.75) is 6.92 Å². The van der Waals surface area contributed by atoms with Gasteiger partial charge in [0, 0.05) is 50.5 Å². The van der Waals surface area contributed by atoms with E-state index in [0.29, 0.717) is 0 Å². The highest BCUT2D eigenvalue weighted by Crippen LogP contribution is 2.47. The Balaban J connectivity index is 1.24. The van der Waals surface area contributed by atoms with Crippen LogP contribution in [0.1, 0.15) is 5.56 Å². The van der Waals surface area contributed by atoms with Crippen LogP contribution in [0.15, 0.2) is 188 Å². The summed E-state index contributed by atoms with van der Waals surface area (Å²) in [6, 6.07) is 68.2. The normalized spacial score (nSPS) is 12.8. The maximum Gasteiger partial charge on any atom is 0.252 e. The summed E-state index contributed by atoms with van der Waals surface area (Å²) in [5.74, 6) is 0. The number of aryl methyl sites for hydroxylation is 1. The molecule has 272 valence electrons. The molecule has 0 bridgehead atoms. The number of hydrogen-bond acceptors (Lipinski definition) is 0. The van der Waals surface area contributed by atoms with Crippen molar-refractivity contribution >= 4 is 88.3 Å². The van der Waals surface area contributed by atoms with Gasteiger partial charge in [0.25, 0.3) is 6.71 Å². The number of rotatable bonds is 3. The molecule has 0 radical (unpaired) electrons. The summed E-state index contributed by atoms with van der Waals surface area (Å²) >= 11 is 0. The smallest absolute Gasteiger partial charge is 0.252 e. The molecular formula is C55H34BN3. The Morgan fingerprint density at radius 2 is 1.15 bits per heavy atom. The summed E-state index contributed by atoms with van der Waals surface area (Å²) in [6.07, 6.45) is 2.25. The second kappa shape index (κ2) is 11.3. The zero-order valence-electron chi connectivity index (χ0n) is 32.3. The minimum Gasteiger partial charge on any atom is -0.316 e. The minimum atomic E-state index is 0.0186. The molecule has 0 atom stereocenters. The molecule has 0 fully saturated rings. The van der Waals surface area contributed by atoms with Crippen LogP contribution in [0.3, 0.4) is 0 Å². The first kappa shape index (κ1) is 31.5. The fourth-order valence-corrected chi connectivity index (χ4v) is 11.1. The molecule has 0 spiro atoms. The summed E-state index contributed by atoms with van der Waals surface area (Å²) in [7, 11) is 0. The number of benzene rings is 9. The van der Waals surface area contributed by atoms with Crippen molar-refractivity contribution < 1.29 is 0 Å². The van der Waals surface area contributed by atoms with E-state index in [2.05, 4.69) is 209 Å². The first-order valence-corrected chi connectivity index (χ1v) is 20.6. The molecule has 0 amide bonds. The van der Waals surface area contributed by atoms with Crippen molar-refractivity contribution in [2.24, 2.45) is 0 Å². The van der Waals surface area contributed by atoms with Crippen molar-refractivity contribution in [1.29, 1.82) is 0 Å². The largest absolute Gasteiger partial charge is 0.316 e. The van der Waals surface area contributed by atoms with Gasteiger partial charge < -0.3 is 13.7 Å². The lowest BCUT2D eigenvalue weighted by atomic mass is 9.34. The molecule has 12 aromatic rings. The summed E-state index contributed by atoms with van der Waals surface area (Å²) in [5, 5.41) is 10.3. The fourth-order valence-electron chi connectivity index (χ4n) is 11.1. The van der Waals surface area contributed by atoms with Crippen LogP contribution in [-0.4, -0.2) is 20.4 Å². The van der Waals surface area contributed by atoms with E-state index in [-0.39, 0.29) is 6.71 Å². The van der Waals surface area contributed by atoms with Crippen LogP contribution in [-0.2, 0) is 0 Å². The zero-order valence-corrected chi connectivity index (χ0v) is 32.3. The maximum atomic E-state index is 2.63. The topological polar surface area (TPSA) is 14.8 Å². The molecule has 5 heterocycles. The molecule has 3 aromatic heterocycles. The standard InChI is InChI=1S/C55H34BN3/c1-33-23-26-41-46(29-33)58-47-31-39(57-28-27-35-14-9-11-22-45(35)57)32-48-52(47)56(44-30-38-25-24-34-13-8-10-19-40(34)49(38)51(41)55(44)58)43-21-12-20-42-50(36-15-4-2-5-16-36)53(59(48)54(42)43)37-17-6-3-7-18-37/h2-32H,1H3. The van der Waals surface area contributed by atoms with Gasteiger partial charge in [-0.15, -0.1) is 0 Å². The van der Waals surface area contributed by atoms with Crippen LogP contribution < -0.4 is 16.4 Å². The molecule has 2 aliphatic heterocycles. The fraction of sp³-hybridized carbons (Fsp3) is 0.0182. The van der Waals surface area contributed by atoms with Gasteiger partial charge in [-0.1, -0.05) is 152 Å². The van der Waals surface area contributed by atoms with Crippen molar-refractivity contribution in [3.05, 3.63) is 194 Å². The lowest BCUT2D eigenvalue weighted by Crippen LogP contribution is -2.59. The molecular weight excluding hydrogens is 713 g/mol. The Labute approximate surface area is 340 Å². The Hall–Kier alpha value is -7.56. The highest BCUT2D eigenvalue weighted by molar-refractivity contribution is 7.00. The molecule has 9 aromatic carbocycles. The molecule has 0 aliphatic carbocycles. The molecule has 0 unspecified atom stereocenters. The van der Waals surface area contributed by atoms with Crippen molar-refractivity contribution in [3.8, 4) is 39.4 Å². The van der Waals surface area contributed by atoms with E-state index in [1.807, 2.05) is 0 Å². The SMILES string of the molecule is Cc1ccc2c3c4c(ccc5ccccc54)cc4c3n(c2c1)-c1cc(-n2ccc3ccccc32)cc2c1B4c1cccc3c(-c4ccccc4)c(-c4ccccc4)n-2c13. The van der Waals surface area contributed by atoms with Crippen LogP contribution in [0.5, 0.6) is 0 Å². The van der Waals surface area contributed by atoms with Gasteiger partial charge in [-0.3, -0.25) is 0 Å². The molecule has 59 heavy (non-hydrogen) atoms. The lowest BCUT2D eigenvalue weighted by Gasteiger charge is -2.35. The van der Waals surface area contributed by atoms with Gasteiger partial charge in [-0.05, 0) is 97.3 Å². The third kappa shape index (κ3) is 4.03. The predicted octanol–water partition coefficient (Wildman–Crippen LogP) is 11.8. The lowest BCUT2D eigenvalue weighted by molar-refractivity contribution is 1.07. The van der Waals surface area contributed by atoms with Crippen LogP contribution in [0.4, 0.5) is 0 Å². The molecule has 4 heteroatoms. The number of aromatic nitrogens is 3. The van der Waals surface area contributed by atoms with Crippen LogP contribution >= 0.6 is 0 Å². The quantitative estimate of drug-likeness (QED) is 0.126. The maximum absolute atomic E-state index is 2.63. The first-order chi connectivity index (χ1) is 29.2. The molecule has 0 N–H and O–H groups in total. The molecule has 0 saturated carbocycles. The van der Waals surface area contributed by atoms with E-state index in [1.165, 1.54) is 121 Å².